The van der Waals surface area contributed by atoms with Crippen molar-refractivity contribution in [3.63, 3.8) is 0 Å². The van der Waals surface area contributed by atoms with E-state index < -0.39 is 24.7 Å². The topological polar surface area (TPSA) is 140 Å². The Morgan fingerprint density at radius 2 is 2.12 bits per heavy atom. The Labute approximate surface area is 184 Å². The predicted molar refractivity (Wildman–Crippen MR) is 119 cm³/mol. The molecule has 1 aromatic heterocycles. The lowest BCUT2D eigenvalue weighted by molar-refractivity contribution is -0.490. The number of anilines is 2. The van der Waals surface area contributed by atoms with Crippen molar-refractivity contribution in [1.82, 2.24) is 9.97 Å². The minimum absolute atomic E-state index is 0.179. The van der Waals surface area contributed by atoms with Crippen LogP contribution in [0.1, 0.15) is 30.9 Å². The molecule has 1 unspecified atom stereocenters. The molecule has 10 nitrogen and oxygen atoms in total. The summed E-state index contributed by atoms with van der Waals surface area (Å²) in [4.78, 5) is 19.3. The number of nitro groups is 1. The van der Waals surface area contributed by atoms with Crippen LogP contribution in [0, 0.1) is 10.1 Å². The van der Waals surface area contributed by atoms with Crippen LogP contribution >= 0.6 is 0 Å². The third-order valence-electron chi connectivity index (χ3n) is 5.20. The van der Waals surface area contributed by atoms with Crippen LogP contribution in [0.4, 0.5) is 11.6 Å². The van der Waals surface area contributed by atoms with Crippen LogP contribution < -0.4 is 15.5 Å². The van der Waals surface area contributed by atoms with Crippen molar-refractivity contribution in [2.75, 3.05) is 25.1 Å². The van der Waals surface area contributed by atoms with Crippen molar-refractivity contribution in [3.05, 3.63) is 58.3 Å². The summed E-state index contributed by atoms with van der Waals surface area (Å²) in [5, 5.41) is 33.8. The Hall–Kier alpha value is -3.28. The molecule has 1 aliphatic rings. The van der Waals surface area contributed by atoms with Gasteiger partial charge in [-0.1, -0.05) is 18.2 Å². The molecule has 0 fully saturated rings. The number of hydrogen-bond donors (Lipinski definition) is 3. The fraction of sp³-hybridized carbons (Fsp3) is 0.333. The summed E-state index contributed by atoms with van der Waals surface area (Å²) >= 11 is 0. The molecule has 4 rings (SSSR count). The summed E-state index contributed by atoms with van der Waals surface area (Å²) < 4.78 is 11.2. The third kappa shape index (κ3) is 4.96. The maximum absolute atomic E-state index is 10.8. The fourth-order valence-electron chi connectivity index (χ4n) is 3.65. The van der Waals surface area contributed by atoms with Crippen LogP contribution in [0.25, 0.3) is 10.9 Å². The summed E-state index contributed by atoms with van der Waals surface area (Å²) in [6.45, 7) is 0.298. The van der Waals surface area contributed by atoms with Crippen LogP contribution in [0.15, 0.2) is 42.6 Å². The summed E-state index contributed by atoms with van der Waals surface area (Å²) in [5.74, 6) is 1.00. The first-order chi connectivity index (χ1) is 15.5. The van der Waals surface area contributed by atoms with Gasteiger partial charge in [0.15, 0.2) is 0 Å². The summed E-state index contributed by atoms with van der Waals surface area (Å²) in [5.41, 5.74) is 2.36. The van der Waals surface area contributed by atoms with E-state index in [9.17, 15) is 15.1 Å². The molecule has 2 heterocycles. The fourth-order valence-corrected chi connectivity index (χ4v) is 3.65. The summed E-state index contributed by atoms with van der Waals surface area (Å²) in [6.07, 6.45) is 3.39. The molecule has 3 N–H and O–H groups in total. The maximum atomic E-state index is 10.8. The minimum Gasteiger partial charge on any atom is -0.491 e. The average molecular weight is 438 g/mol. The number of unbranched alkanes of at least 4 members (excludes halogenated alkanes) is 2. The Morgan fingerprint density at radius 3 is 2.94 bits per heavy atom. The molecule has 2 aromatic carbocycles. The van der Waals surface area contributed by atoms with Gasteiger partial charge in [0.05, 0.1) is 6.61 Å². The van der Waals surface area contributed by atoms with E-state index >= 15 is 0 Å². The molecular weight excluding hydrogens is 415 g/mol. The van der Waals surface area contributed by atoms with Crippen LogP contribution in [0.5, 0.6) is 5.75 Å². The largest absolute Gasteiger partial charge is 0.492 e. The van der Waals surface area contributed by atoms with Gasteiger partial charge in [-0.25, -0.2) is 9.97 Å². The van der Waals surface area contributed by atoms with Crippen molar-refractivity contribution < 1.29 is 24.4 Å². The van der Waals surface area contributed by atoms with E-state index in [1.54, 1.807) is 24.4 Å². The molecule has 0 spiro atoms. The zero-order chi connectivity index (χ0) is 22.5. The number of nitrogens with zero attached hydrogens (tertiary/aromatic N) is 3. The van der Waals surface area contributed by atoms with Gasteiger partial charge in [-0.3, -0.25) is 10.1 Å². The number of benzene rings is 2. The molecule has 1 aliphatic heterocycles. The number of fused-ring (bicyclic) bond motifs is 2. The molecule has 3 aromatic rings. The van der Waals surface area contributed by atoms with Crippen molar-refractivity contribution in [1.29, 1.82) is 0 Å². The van der Waals surface area contributed by atoms with Crippen molar-refractivity contribution >= 4 is 35.1 Å². The van der Waals surface area contributed by atoms with Gasteiger partial charge in [0, 0.05) is 28.8 Å². The average Bonchev–Trinajstić information content (AvgIpc) is 3.08. The van der Waals surface area contributed by atoms with Gasteiger partial charge in [-0.05, 0) is 48.5 Å². The van der Waals surface area contributed by atoms with E-state index in [2.05, 4.69) is 15.3 Å². The number of hydrogen-bond acceptors (Lipinski definition) is 9. The van der Waals surface area contributed by atoms with E-state index in [1.165, 1.54) is 0 Å². The highest BCUT2D eigenvalue weighted by atomic mass is 16.6. The van der Waals surface area contributed by atoms with Gasteiger partial charge >= 0.3 is 7.12 Å². The van der Waals surface area contributed by atoms with Crippen LogP contribution in [0.3, 0.4) is 0 Å². The number of ether oxygens (including phenoxy) is 1. The smallest absolute Gasteiger partial charge is 0.491 e. The van der Waals surface area contributed by atoms with Gasteiger partial charge in [0.25, 0.3) is 0 Å². The van der Waals surface area contributed by atoms with Gasteiger partial charge in [-0.2, -0.15) is 0 Å². The second kappa shape index (κ2) is 9.90. The molecule has 0 amide bonds. The molecule has 11 heteroatoms. The van der Waals surface area contributed by atoms with Gasteiger partial charge < -0.3 is 24.8 Å². The molecule has 0 saturated heterocycles. The first-order valence-electron chi connectivity index (χ1n) is 10.4. The van der Waals surface area contributed by atoms with E-state index in [4.69, 9.17) is 14.5 Å². The highest BCUT2D eigenvalue weighted by molar-refractivity contribution is 6.61. The molecule has 1 atom stereocenters. The molecular formula is C21H23BN4O6. The van der Waals surface area contributed by atoms with Crippen molar-refractivity contribution in [2.24, 2.45) is 0 Å². The normalized spacial score (nSPS) is 15.1. The number of aliphatic hydroxyl groups is 1. The summed E-state index contributed by atoms with van der Waals surface area (Å²) in [6, 6.07) is 10.7. The predicted octanol–water partition coefficient (Wildman–Crippen LogP) is 1.95. The van der Waals surface area contributed by atoms with Crippen molar-refractivity contribution in [2.45, 2.75) is 25.4 Å². The highest BCUT2D eigenvalue weighted by Crippen LogP contribution is 2.28. The Bertz CT molecular complexity index is 1110. The van der Waals surface area contributed by atoms with Crippen LogP contribution in [-0.4, -0.2) is 51.9 Å². The van der Waals surface area contributed by atoms with E-state index in [0.717, 1.165) is 24.6 Å². The van der Waals surface area contributed by atoms with Gasteiger partial charge in [0.2, 0.25) is 12.5 Å². The quantitative estimate of drug-likeness (QED) is 0.188. The number of aromatic nitrogens is 2. The molecule has 0 saturated carbocycles. The number of aliphatic hydroxyl groups excluding tert-OH is 1. The number of nitrogens with one attached hydrogen (secondary N) is 1. The Balaban J connectivity index is 1.51. The highest BCUT2D eigenvalue weighted by Gasteiger charge is 2.37. The van der Waals surface area contributed by atoms with E-state index in [1.807, 2.05) is 18.2 Å². The maximum Gasteiger partial charge on any atom is 0.492 e. The van der Waals surface area contributed by atoms with Crippen LogP contribution in [-0.2, 0) is 4.65 Å². The van der Waals surface area contributed by atoms with Crippen LogP contribution in [0.2, 0.25) is 0 Å². The second-order valence-corrected chi connectivity index (χ2v) is 7.48. The number of rotatable bonds is 10. The second-order valence-electron chi connectivity index (χ2n) is 7.48. The molecule has 0 radical (unpaired) electrons. The van der Waals surface area contributed by atoms with Crippen molar-refractivity contribution in [3.8, 4) is 5.75 Å². The SMILES string of the molecule is O=[N+]([O-])CC1OB(O)c2cc(Nc3ncc4cccc(OCCCCCO)c4n3)ccc21. The third-order valence-corrected chi connectivity index (χ3v) is 5.20. The Morgan fingerprint density at radius 1 is 1.25 bits per heavy atom. The van der Waals surface area contributed by atoms with E-state index in [-0.39, 0.29) is 6.61 Å². The lowest BCUT2D eigenvalue weighted by atomic mass is 9.79. The van der Waals surface area contributed by atoms with Gasteiger partial charge in [-0.15, -0.1) is 0 Å². The zero-order valence-corrected chi connectivity index (χ0v) is 17.3. The lowest BCUT2D eigenvalue weighted by Crippen LogP contribution is -2.28. The molecule has 32 heavy (non-hydrogen) atoms. The molecule has 166 valence electrons. The monoisotopic (exact) mass is 438 g/mol. The van der Waals surface area contributed by atoms with Gasteiger partial charge in [0.1, 0.15) is 17.4 Å². The summed E-state index contributed by atoms with van der Waals surface area (Å²) in [7, 11) is -1.22. The molecule has 0 aliphatic carbocycles. The minimum atomic E-state index is -1.22. The first kappa shape index (κ1) is 21.9. The Kier molecular flexibility index (Phi) is 6.79. The standard InChI is InChI=1S/C21H23BN4O6/c27-9-2-1-3-10-31-18-6-4-5-14-12-23-21(25-20(14)18)24-15-7-8-16-17(11-15)22(28)32-19(16)13-26(29)30/h4-8,11-12,19,27-28H,1-3,9-10,13H2,(H,23,24,25). The first-order valence-corrected chi connectivity index (χ1v) is 10.4. The van der Waals surface area contributed by atoms with E-state index in [0.29, 0.717) is 40.5 Å². The number of para-hydroxylation sites is 1. The molecule has 0 bridgehead atoms. The zero-order valence-electron chi connectivity index (χ0n) is 17.3. The lowest BCUT2D eigenvalue weighted by Gasteiger charge is -2.11.